The minimum atomic E-state index is -1.13. The quantitative estimate of drug-likeness (QED) is 0.591. The molecular weight excluding hydrogens is 327 g/mol. The maximum atomic E-state index is 12.1. The van der Waals surface area contributed by atoms with E-state index >= 15 is 0 Å². The predicted molar refractivity (Wildman–Crippen MR) is 82.6 cm³/mol. The highest BCUT2D eigenvalue weighted by Crippen LogP contribution is 2.21. The molecule has 4 nitrogen and oxygen atoms in total. The van der Waals surface area contributed by atoms with E-state index in [0.717, 1.165) is 5.56 Å². The Labute approximate surface area is 137 Å². The molecule has 0 aliphatic rings. The molecule has 22 heavy (non-hydrogen) atoms. The van der Waals surface area contributed by atoms with Crippen molar-refractivity contribution in [1.29, 1.82) is 0 Å². The Morgan fingerprint density at radius 3 is 2.45 bits per heavy atom. The molecule has 0 saturated heterocycles. The summed E-state index contributed by atoms with van der Waals surface area (Å²) in [6, 6.07) is 13.3. The molecule has 0 bridgehead atoms. The molecule has 0 N–H and O–H groups in total. The normalized spacial score (nSPS) is 11.5. The third-order valence-electron chi connectivity index (χ3n) is 2.85. The van der Waals surface area contributed by atoms with Crippen LogP contribution in [0, 0.1) is 0 Å². The second kappa shape index (κ2) is 7.82. The van der Waals surface area contributed by atoms with Crippen LogP contribution in [0.2, 0.25) is 10.0 Å². The molecule has 0 aliphatic heterocycles. The van der Waals surface area contributed by atoms with Crippen LogP contribution in [0.15, 0.2) is 48.5 Å². The molecule has 0 fully saturated rings. The summed E-state index contributed by atoms with van der Waals surface area (Å²) >= 11 is 11.6. The topological polar surface area (TPSA) is 52.6 Å². The summed E-state index contributed by atoms with van der Waals surface area (Å²) < 4.78 is 9.99. The molecule has 2 aromatic carbocycles. The van der Waals surface area contributed by atoms with Gasteiger partial charge in [0.25, 0.3) is 6.47 Å². The Kier molecular flexibility index (Phi) is 5.81. The molecule has 0 amide bonds. The lowest BCUT2D eigenvalue weighted by Crippen LogP contribution is -2.18. The summed E-state index contributed by atoms with van der Waals surface area (Å²) in [5.74, 6) is -0.672. The smallest absolute Gasteiger partial charge is 0.352 e. The molecule has 0 heterocycles. The van der Waals surface area contributed by atoms with Crippen LogP contribution < -0.4 is 0 Å². The van der Waals surface area contributed by atoms with Crippen molar-refractivity contribution in [2.75, 3.05) is 0 Å². The molecule has 1 unspecified atom stereocenters. The number of halogens is 2. The first-order valence-corrected chi connectivity index (χ1v) is 7.11. The number of benzene rings is 2. The van der Waals surface area contributed by atoms with Crippen molar-refractivity contribution >= 4 is 35.6 Å². The number of hydrogen-bond acceptors (Lipinski definition) is 4. The minimum Gasteiger partial charge on any atom is -0.458 e. The van der Waals surface area contributed by atoms with E-state index < -0.39 is 12.1 Å². The molecule has 2 aromatic rings. The van der Waals surface area contributed by atoms with Gasteiger partial charge in [-0.25, -0.2) is 4.79 Å². The zero-order valence-corrected chi connectivity index (χ0v) is 12.9. The summed E-state index contributed by atoms with van der Waals surface area (Å²) in [5.41, 5.74) is 1.22. The Bertz CT molecular complexity index is 655. The maximum absolute atomic E-state index is 12.1. The summed E-state index contributed by atoms with van der Waals surface area (Å²) in [7, 11) is 0. The Balaban J connectivity index is 2.06. The highest BCUT2D eigenvalue weighted by atomic mass is 35.5. The molecule has 114 valence electrons. The van der Waals surface area contributed by atoms with Crippen molar-refractivity contribution in [2.45, 2.75) is 12.7 Å². The maximum Gasteiger partial charge on any atom is 0.352 e. The van der Waals surface area contributed by atoms with Gasteiger partial charge in [0.1, 0.15) is 6.61 Å². The van der Waals surface area contributed by atoms with E-state index in [-0.39, 0.29) is 13.1 Å². The zero-order chi connectivity index (χ0) is 15.9. The second-order valence-corrected chi connectivity index (χ2v) is 5.27. The van der Waals surface area contributed by atoms with E-state index in [0.29, 0.717) is 15.6 Å². The van der Waals surface area contributed by atoms with Gasteiger partial charge in [0.15, 0.2) is 0 Å². The van der Waals surface area contributed by atoms with Crippen LogP contribution in [0.5, 0.6) is 0 Å². The van der Waals surface area contributed by atoms with Gasteiger partial charge in [0, 0.05) is 15.6 Å². The number of ether oxygens (including phenoxy) is 2. The molecule has 2 rings (SSSR count). The first-order chi connectivity index (χ1) is 10.6. The molecule has 6 heteroatoms. The van der Waals surface area contributed by atoms with Gasteiger partial charge >= 0.3 is 5.97 Å². The number of hydrogen-bond donors (Lipinski definition) is 0. The van der Waals surface area contributed by atoms with E-state index in [2.05, 4.69) is 0 Å². The van der Waals surface area contributed by atoms with Crippen LogP contribution in [-0.2, 0) is 25.7 Å². The highest BCUT2D eigenvalue weighted by Gasteiger charge is 2.23. The van der Waals surface area contributed by atoms with E-state index in [1.807, 2.05) is 0 Å². The predicted octanol–water partition coefficient (Wildman–Crippen LogP) is 3.95. The van der Waals surface area contributed by atoms with E-state index in [1.165, 1.54) is 0 Å². The SMILES string of the molecule is O=COC(C(=O)OCc1cccc(Cl)c1)c1ccc(Cl)cc1. The first kappa shape index (κ1) is 16.3. The van der Waals surface area contributed by atoms with Crippen molar-refractivity contribution in [3.8, 4) is 0 Å². The van der Waals surface area contributed by atoms with Gasteiger partial charge in [0.05, 0.1) is 0 Å². The van der Waals surface area contributed by atoms with Gasteiger partial charge in [-0.3, -0.25) is 4.79 Å². The average molecular weight is 339 g/mol. The van der Waals surface area contributed by atoms with Crippen LogP contribution in [0.25, 0.3) is 0 Å². The van der Waals surface area contributed by atoms with Gasteiger partial charge in [-0.1, -0.05) is 47.5 Å². The lowest BCUT2D eigenvalue weighted by Gasteiger charge is -2.15. The Morgan fingerprint density at radius 1 is 1.09 bits per heavy atom. The fraction of sp³-hybridized carbons (Fsp3) is 0.125. The molecule has 0 radical (unpaired) electrons. The Hall–Kier alpha value is -2.04. The fourth-order valence-corrected chi connectivity index (χ4v) is 2.16. The molecule has 0 saturated carbocycles. The number of rotatable bonds is 6. The Morgan fingerprint density at radius 2 is 1.82 bits per heavy atom. The van der Waals surface area contributed by atoms with Crippen molar-refractivity contribution in [2.24, 2.45) is 0 Å². The van der Waals surface area contributed by atoms with E-state index in [1.54, 1.807) is 48.5 Å². The summed E-state index contributed by atoms with van der Waals surface area (Å²) in [6.07, 6.45) is -1.13. The van der Waals surface area contributed by atoms with Crippen LogP contribution in [0.3, 0.4) is 0 Å². The van der Waals surface area contributed by atoms with Crippen molar-refractivity contribution < 1.29 is 19.1 Å². The lowest BCUT2D eigenvalue weighted by molar-refractivity contribution is -0.163. The summed E-state index contributed by atoms with van der Waals surface area (Å²) in [4.78, 5) is 22.7. The minimum absolute atomic E-state index is 0.0334. The molecule has 0 aliphatic carbocycles. The van der Waals surface area contributed by atoms with Crippen molar-refractivity contribution in [1.82, 2.24) is 0 Å². The average Bonchev–Trinajstić information content (AvgIpc) is 2.51. The third kappa shape index (κ3) is 4.48. The van der Waals surface area contributed by atoms with Gasteiger partial charge in [-0.2, -0.15) is 0 Å². The fourth-order valence-electron chi connectivity index (χ4n) is 1.82. The first-order valence-electron chi connectivity index (χ1n) is 6.36. The van der Waals surface area contributed by atoms with Gasteiger partial charge in [0.2, 0.25) is 6.10 Å². The zero-order valence-electron chi connectivity index (χ0n) is 11.4. The van der Waals surface area contributed by atoms with Crippen molar-refractivity contribution in [3.63, 3.8) is 0 Å². The summed E-state index contributed by atoms with van der Waals surface area (Å²) in [5, 5.41) is 1.06. The molecule has 0 spiro atoms. The van der Waals surface area contributed by atoms with Gasteiger partial charge in [-0.15, -0.1) is 0 Å². The molecule has 1 atom stereocenters. The van der Waals surface area contributed by atoms with Crippen LogP contribution >= 0.6 is 23.2 Å². The van der Waals surface area contributed by atoms with Crippen molar-refractivity contribution in [3.05, 3.63) is 69.7 Å². The van der Waals surface area contributed by atoms with Crippen LogP contribution in [0.1, 0.15) is 17.2 Å². The third-order valence-corrected chi connectivity index (χ3v) is 3.34. The summed E-state index contributed by atoms with van der Waals surface area (Å²) in [6.45, 7) is 0.242. The van der Waals surface area contributed by atoms with Crippen LogP contribution in [0.4, 0.5) is 0 Å². The van der Waals surface area contributed by atoms with Crippen LogP contribution in [-0.4, -0.2) is 12.4 Å². The van der Waals surface area contributed by atoms with E-state index in [9.17, 15) is 9.59 Å². The number of carbonyl (C=O) groups is 2. The monoisotopic (exact) mass is 338 g/mol. The van der Waals surface area contributed by atoms with Gasteiger partial charge < -0.3 is 9.47 Å². The lowest BCUT2D eigenvalue weighted by atomic mass is 10.1. The number of esters is 1. The molecule has 0 aromatic heterocycles. The highest BCUT2D eigenvalue weighted by molar-refractivity contribution is 6.30. The second-order valence-electron chi connectivity index (χ2n) is 4.40. The standard InChI is InChI=1S/C16H12Cl2O4/c17-13-6-4-12(5-7-13)15(22-10-19)16(20)21-9-11-2-1-3-14(18)8-11/h1-8,10,15H,9H2. The number of carbonyl (C=O) groups excluding carboxylic acids is 2. The molecular formula is C16H12Cl2O4. The van der Waals surface area contributed by atoms with E-state index in [4.69, 9.17) is 32.7 Å². The largest absolute Gasteiger partial charge is 0.458 e. The van der Waals surface area contributed by atoms with Gasteiger partial charge in [-0.05, 0) is 29.8 Å².